The molecule has 1 aliphatic carbocycles. The summed E-state index contributed by atoms with van der Waals surface area (Å²) in [6.07, 6.45) is 11.8. The van der Waals surface area contributed by atoms with Crippen LogP contribution in [0.25, 0.3) is 0 Å². The van der Waals surface area contributed by atoms with Crippen molar-refractivity contribution in [2.75, 3.05) is 6.54 Å². The van der Waals surface area contributed by atoms with Gasteiger partial charge in [-0.3, -0.25) is 14.3 Å². The van der Waals surface area contributed by atoms with E-state index in [9.17, 15) is 9.59 Å². The summed E-state index contributed by atoms with van der Waals surface area (Å²) >= 11 is 0. The first-order valence-electron chi connectivity index (χ1n) is 9.45. The normalized spacial score (nSPS) is 15.8. The van der Waals surface area contributed by atoms with Gasteiger partial charge < -0.3 is 16.4 Å². The van der Waals surface area contributed by atoms with Gasteiger partial charge in [0.1, 0.15) is 6.54 Å². The second-order valence-corrected chi connectivity index (χ2v) is 6.88. The standard InChI is InChI=1S/C18H31N5O2.ClH/c1-2-3-7-16(10-19)22-18(25)14-11-20-23(12-14)13-17(24)21-15-8-5-4-6-9-15;/h11-12,15-16H,2-10,13,19H2,1H3,(H,21,24)(H,22,25);1H. The van der Waals surface area contributed by atoms with E-state index in [1.807, 2.05) is 0 Å². The molecule has 4 N–H and O–H groups in total. The van der Waals surface area contributed by atoms with E-state index in [-0.39, 0.29) is 42.8 Å². The van der Waals surface area contributed by atoms with Crippen LogP contribution in [0.15, 0.2) is 12.4 Å². The number of amides is 2. The van der Waals surface area contributed by atoms with Crippen molar-refractivity contribution in [3.8, 4) is 0 Å². The summed E-state index contributed by atoms with van der Waals surface area (Å²) in [7, 11) is 0. The van der Waals surface area contributed by atoms with Crippen LogP contribution < -0.4 is 16.4 Å². The molecule has 0 aliphatic heterocycles. The Bertz CT molecular complexity index is 558. The topological polar surface area (TPSA) is 102 Å². The van der Waals surface area contributed by atoms with E-state index >= 15 is 0 Å². The monoisotopic (exact) mass is 385 g/mol. The summed E-state index contributed by atoms with van der Waals surface area (Å²) in [5.41, 5.74) is 6.17. The Morgan fingerprint density at radius 1 is 1.35 bits per heavy atom. The van der Waals surface area contributed by atoms with Gasteiger partial charge in [0.05, 0.1) is 11.8 Å². The first-order chi connectivity index (χ1) is 12.1. The van der Waals surface area contributed by atoms with Crippen LogP contribution in [0.1, 0.15) is 68.6 Å². The number of aromatic nitrogens is 2. The van der Waals surface area contributed by atoms with E-state index in [1.165, 1.54) is 30.1 Å². The third kappa shape index (κ3) is 7.33. The van der Waals surface area contributed by atoms with Crippen LogP contribution in [0.4, 0.5) is 0 Å². The van der Waals surface area contributed by atoms with E-state index in [0.717, 1.165) is 32.1 Å². The zero-order valence-electron chi connectivity index (χ0n) is 15.6. The van der Waals surface area contributed by atoms with Crippen LogP contribution >= 0.6 is 12.4 Å². The average molecular weight is 386 g/mol. The van der Waals surface area contributed by atoms with E-state index in [0.29, 0.717) is 12.1 Å². The number of rotatable bonds is 9. The molecule has 1 fully saturated rings. The van der Waals surface area contributed by atoms with Crippen LogP contribution in [0.5, 0.6) is 0 Å². The lowest BCUT2D eigenvalue weighted by molar-refractivity contribution is -0.122. The lowest BCUT2D eigenvalue weighted by atomic mass is 9.95. The number of halogens is 1. The largest absolute Gasteiger partial charge is 0.352 e. The molecule has 0 radical (unpaired) electrons. The maximum absolute atomic E-state index is 12.3. The molecule has 0 bridgehead atoms. The summed E-state index contributed by atoms with van der Waals surface area (Å²) < 4.78 is 1.51. The van der Waals surface area contributed by atoms with Gasteiger partial charge >= 0.3 is 0 Å². The molecular formula is C18H32ClN5O2. The second kappa shape index (κ2) is 11.9. The zero-order valence-corrected chi connectivity index (χ0v) is 16.4. The highest BCUT2D eigenvalue weighted by molar-refractivity contribution is 5.94. The number of nitrogens with one attached hydrogen (secondary N) is 2. The van der Waals surface area contributed by atoms with Gasteiger partial charge in [-0.05, 0) is 19.3 Å². The molecule has 1 aromatic rings. The van der Waals surface area contributed by atoms with E-state index in [2.05, 4.69) is 22.7 Å². The molecule has 1 saturated carbocycles. The Kier molecular flexibility index (Phi) is 10.3. The molecule has 7 nitrogen and oxygen atoms in total. The molecule has 1 aromatic heterocycles. The molecule has 1 aliphatic rings. The van der Waals surface area contributed by atoms with Crippen molar-refractivity contribution in [3.63, 3.8) is 0 Å². The molecule has 2 amide bonds. The van der Waals surface area contributed by atoms with Gasteiger partial charge in [-0.1, -0.05) is 39.0 Å². The molecule has 0 saturated heterocycles. The molecule has 0 spiro atoms. The van der Waals surface area contributed by atoms with Crippen LogP contribution in [-0.4, -0.2) is 40.2 Å². The van der Waals surface area contributed by atoms with Gasteiger partial charge in [-0.2, -0.15) is 5.10 Å². The van der Waals surface area contributed by atoms with Gasteiger partial charge in [-0.25, -0.2) is 0 Å². The van der Waals surface area contributed by atoms with Crippen LogP contribution in [0.3, 0.4) is 0 Å². The molecule has 148 valence electrons. The van der Waals surface area contributed by atoms with Gasteiger partial charge in [0.15, 0.2) is 0 Å². The number of carbonyl (C=O) groups excluding carboxylic acids is 2. The fourth-order valence-electron chi connectivity index (χ4n) is 3.20. The fourth-order valence-corrected chi connectivity index (χ4v) is 3.20. The number of carbonyl (C=O) groups is 2. The van der Waals surface area contributed by atoms with Crippen molar-refractivity contribution in [2.24, 2.45) is 5.73 Å². The van der Waals surface area contributed by atoms with Gasteiger partial charge in [-0.15, -0.1) is 12.4 Å². The highest BCUT2D eigenvalue weighted by atomic mass is 35.5. The molecule has 0 aromatic carbocycles. The van der Waals surface area contributed by atoms with Gasteiger partial charge in [0, 0.05) is 24.8 Å². The number of nitrogens with two attached hydrogens (primary N) is 1. The first kappa shape index (κ1) is 22.4. The Labute approximate surface area is 161 Å². The maximum Gasteiger partial charge on any atom is 0.254 e. The molecular weight excluding hydrogens is 354 g/mol. The van der Waals surface area contributed by atoms with Crippen molar-refractivity contribution in [1.29, 1.82) is 0 Å². The number of hydrogen-bond acceptors (Lipinski definition) is 4. The highest BCUT2D eigenvalue weighted by Gasteiger charge is 2.17. The minimum absolute atomic E-state index is 0. The number of hydrogen-bond donors (Lipinski definition) is 3. The Morgan fingerprint density at radius 2 is 2.08 bits per heavy atom. The van der Waals surface area contributed by atoms with E-state index < -0.39 is 0 Å². The quantitative estimate of drug-likeness (QED) is 0.605. The first-order valence-corrected chi connectivity index (χ1v) is 9.45. The van der Waals surface area contributed by atoms with Crippen LogP contribution in [0.2, 0.25) is 0 Å². The summed E-state index contributed by atoms with van der Waals surface area (Å²) in [6, 6.07) is 0.258. The third-order valence-electron chi connectivity index (χ3n) is 4.70. The minimum Gasteiger partial charge on any atom is -0.352 e. The Balaban J connectivity index is 0.00000338. The SMILES string of the molecule is CCCCC(CN)NC(=O)c1cnn(CC(=O)NC2CCCCC2)c1.Cl. The van der Waals surface area contributed by atoms with Gasteiger partial charge in [0.2, 0.25) is 5.91 Å². The van der Waals surface area contributed by atoms with Crippen LogP contribution in [-0.2, 0) is 11.3 Å². The zero-order chi connectivity index (χ0) is 18.1. The second-order valence-electron chi connectivity index (χ2n) is 6.88. The van der Waals surface area contributed by atoms with E-state index in [4.69, 9.17) is 5.73 Å². The molecule has 1 atom stereocenters. The molecule has 1 unspecified atom stereocenters. The maximum atomic E-state index is 12.3. The molecule has 1 heterocycles. The van der Waals surface area contributed by atoms with Crippen molar-refractivity contribution in [1.82, 2.24) is 20.4 Å². The third-order valence-corrected chi connectivity index (χ3v) is 4.70. The number of nitrogens with zero attached hydrogens (tertiary/aromatic N) is 2. The average Bonchev–Trinajstić information content (AvgIpc) is 3.07. The van der Waals surface area contributed by atoms with Gasteiger partial charge in [0.25, 0.3) is 5.91 Å². The fraction of sp³-hybridized carbons (Fsp3) is 0.722. The number of unbranched alkanes of at least 4 members (excludes halogenated alkanes) is 1. The van der Waals surface area contributed by atoms with Crippen molar-refractivity contribution in [2.45, 2.75) is 76.9 Å². The molecule has 2 rings (SSSR count). The minimum atomic E-state index is -0.189. The Morgan fingerprint density at radius 3 is 2.73 bits per heavy atom. The lowest BCUT2D eigenvalue weighted by Crippen LogP contribution is -2.40. The molecule has 8 heteroatoms. The summed E-state index contributed by atoms with van der Waals surface area (Å²) in [5.74, 6) is -0.241. The predicted octanol–water partition coefficient (Wildman–Crippen LogP) is 2.00. The summed E-state index contributed by atoms with van der Waals surface area (Å²) in [6.45, 7) is 2.67. The van der Waals surface area contributed by atoms with Crippen LogP contribution in [0, 0.1) is 0 Å². The van der Waals surface area contributed by atoms with Crippen molar-refractivity contribution < 1.29 is 9.59 Å². The Hall–Kier alpha value is -1.60. The summed E-state index contributed by atoms with van der Waals surface area (Å²) in [4.78, 5) is 24.4. The lowest BCUT2D eigenvalue weighted by Gasteiger charge is -2.22. The highest BCUT2D eigenvalue weighted by Crippen LogP contribution is 2.17. The smallest absolute Gasteiger partial charge is 0.254 e. The van der Waals surface area contributed by atoms with Crippen molar-refractivity contribution >= 4 is 24.2 Å². The molecule has 26 heavy (non-hydrogen) atoms. The predicted molar refractivity (Wildman–Crippen MR) is 104 cm³/mol. The summed E-state index contributed by atoms with van der Waals surface area (Å²) in [5, 5.41) is 10.1. The van der Waals surface area contributed by atoms with Crippen molar-refractivity contribution in [3.05, 3.63) is 18.0 Å². The van der Waals surface area contributed by atoms with E-state index in [1.54, 1.807) is 6.20 Å².